The number of rotatable bonds is 3. The van der Waals surface area contributed by atoms with E-state index in [2.05, 4.69) is 31.0 Å². The van der Waals surface area contributed by atoms with Gasteiger partial charge in [-0.05, 0) is 6.42 Å². The molecule has 0 aromatic rings. The van der Waals surface area contributed by atoms with Crippen molar-refractivity contribution in [3.63, 3.8) is 0 Å². The van der Waals surface area contributed by atoms with Gasteiger partial charge in [-0.3, -0.25) is 4.79 Å². The Balaban J connectivity index is 3.23. The fraction of sp³-hybridized carbons (Fsp3) is 0.700. The SMILES string of the molecule is CC(=O)NCCCC#CC(C)C. The van der Waals surface area contributed by atoms with E-state index >= 15 is 0 Å². The Bertz CT molecular complexity index is 186. The standard InChI is InChI=1S/C10H17NO/c1-9(2)7-5-4-6-8-11-10(3)12/h9H,4,6,8H2,1-3H3,(H,11,12). The highest BCUT2D eigenvalue weighted by molar-refractivity contribution is 5.72. The van der Waals surface area contributed by atoms with E-state index in [0.29, 0.717) is 5.92 Å². The van der Waals surface area contributed by atoms with E-state index in [-0.39, 0.29) is 5.91 Å². The molecule has 12 heavy (non-hydrogen) atoms. The Morgan fingerprint density at radius 2 is 2.17 bits per heavy atom. The molecule has 0 saturated heterocycles. The Labute approximate surface area is 74.7 Å². The van der Waals surface area contributed by atoms with Gasteiger partial charge >= 0.3 is 0 Å². The zero-order valence-corrected chi connectivity index (χ0v) is 8.11. The Hall–Kier alpha value is -0.970. The quantitative estimate of drug-likeness (QED) is 0.501. The molecule has 0 aromatic carbocycles. The Kier molecular flexibility index (Phi) is 6.18. The summed E-state index contributed by atoms with van der Waals surface area (Å²) >= 11 is 0. The highest BCUT2D eigenvalue weighted by Gasteiger charge is 1.88. The normalized spacial score (nSPS) is 9.00. The van der Waals surface area contributed by atoms with Gasteiger partial charge in [-0.1, -0.05) is 13.8 Å². The third-order valence-electron chi connectivity index (χ3n) is 1.24. The predicted octanol–water partition coefficient (Wildman–Crippen LogP) is 1.56. The molecule has 0 radical (unpaired) electrons. The maximum atomic E-state index is 10.4. The fourth-order valence-corrected chi connectivity index (χ4v) is 0.717. The summed E-state index contributed by atoms with van der Waals surface area (Å²) in [5.41, 5.74) is 0. The van der Waals surface area contributed by atoms with E-state index in [1.54, 1.807) is 0 Å². The molecule has 0 bridgehead atoms. The molecule has 0 fully saturated rings. The first-order valence-electron chi connectivity index (χ1n) is 4.35. The molecule has 0 spiro atoms. The van der Waals surface area contributed by atoms with Crippen molar-refractivity contribution in [1.82, 2.24) is 5.32 Å². The summed E-state index contributed by atoms with van der Waals surface area (Å²) in [6, 6.07) is 0. The number of amides is 1. The molecule has 0 aliphatic heterocycles. The molecule has 1 amide bonds. The molecular formula is C10H17NO. The van der Waals surface area contributed by atoms with E-state index in [1.165, 1.54) is 6.92 Å². The fourth-order valence-electron chi connectivity index (χ4n) is 0.717. The Morgan fingerprint density at radius 3 is 2.67 bits per heavy atom. The molecule has 0 heterocycles. The van der Waals surface area contributed by atoms with Gasteiger partial charge in [-0.15, -0.1) is 11.8 Å². The maximum Gasteiger partial charge on any atom is 0.216 e. The van der Waals surface area contributed by atoms with E-state index in [9.17, 15) is 4.79 Å². The van der Waals surface area contributed by atoms with Gasteiger partial charge in [0, 0.05) is 25.8 Å². The smallest absolute Gasteiger partial charge is 0.216 e. The van der Waals surface area contributed by atoms with Crippen LogP contribution in [0.15, 0.2) is 0 Å². The monoisotopic (exact) mass is 167 g/mol. The molecule has 0 aromatic heterocycles. The molecule has 0 aliphatic carbocycles. The summed E-state index contributed by atoms with van der Waals surface area (Å²) in [7, 11) is 0. The molecule has 0 saturated carbocycles. The van der Waals surface area contributed by atoms with Crippen LogP contribution in [0.2, 0.25) is 0 Å². The van der Waals surface area contributed by atoms with Crippen LogP contribution in [0.25, 0.3) is 0 Å². The summed E-state index contributed by atoms with van der Waals surface area (Å²) in [5, 5.41) is 2.73. The van der Waals surface area contributed by atoms with Crippen LogP contribution in [0, 0.1) is 17.8 Å². The summed E-state index contributed by atoms with van der Waals surface area (Å²) in [6.45, 7) is 6.41. The number of unbranched alkanes of at least 4 members (excludes halogenated alkanes) is 1. The van der Waals surface area contributed by atoms with Crippen molar-refractivity contribution in [2.45, 2.75) is 33.6 Å². The number of carbonyl (C=O) groups is 1. The predicted molar refractivity (Wildman–Crippen MR) is 50.5 cm³/mol. The average molecular weight is 167 g/mol. The molecule has 2 heteroatoms. The van der Waals surface area contributed by atoms with Gasteiger partial charge in [0.15, 0.2) is 0 Å². The number of hydrogen-bond donors (Lipinski definition) is 1. The van der Waals surface area contributed by atoms with Gasteiger partial charge in [0.25, 0.3) is 0 Å². The topological polar surface area (TPSA) is 29.1 Å². The lowest BCUT2D eigenvalue weighted by molar-refractivity contribution is -0.118. The van der Waals surface area contributed by atoms with Crippen LogP contribution >= 0.6 is 0 Å². The van der Waals surface area contributed by atoms with Crippen molar-refractivity contribution >= 4 is 5.91 Å². The molecule has 1 N–H and O–H groups in total. The van der Waals surface area contributed by atoms with Crippen LogP contribution < -0.4 is 5.32 Å². The lowest BCUT2D eigenvalue weighted by Crippen LogP contribution is -2.20. The van der Waals surface area contributed by atoms with E-state index < -0.39 is 0 Å². The van der Waals surface area contributed by atoms with Crippen LogP contribution in [0.1, 0.15) is 33.6 Å². The highest BCUT2D eigenvalue weighted by Crippen LogP contribution is 1.89. The van der Waals surface area contributed by atoms with Crippen molar-refractivity contribution in [2.24, 2.45) is 5.92 Å². The summed E-state index contributed by atoms with van der Waals surface area (Å²) in [6.07, 6.45) is 1.82. The average Bonchev–Trinajstić information content (AvgIpc) is 1.95. The molecule has 68 valence electrons. The number of hydrogen-bond acceptors (Lipinski definition) is 1. The van der Waals surface area contributed by atoms with Crippen molar-refractivity contribution in [3.8, 4) is 11.8 Å². The third-order valence-corrected chi connectivity index (χ3v) is 1.24. The van der Waals surface area contributed by atoms with E-state index in [0.717, 1.165) is 19.4 Å². The van der Waals surface area contributed by atoms with Gasteiger partial charge < -0.3 is 5.32 Å². The first-order valence-corrected chi connectivity index (χ1v) is 4.35. The summed E-state index contributed by atoms with van der Waals surface area (Å²) < 4.78 is 0. The van der Waals surface area contributed by atoms with Crippen molar-refractivity contribution < 1.29 is 4.79 Å². The minimum absolute atomic E-state index is 0.0341. The van der Waals surface area contributed by atoms with E-state index in [4.69, 9.17) is 0 Å². The summed E-state index contributed by atoms with van der Waals surface area (Å²) in [4.78, 5) is 10.4. The second-order valence-electron chi connectivity index (χ2n) is 3.06. The second kappa shape index (κ2) is 6.72. The zero-order valence-electron chi connectivity index (χ0n) is 8.11. The van der Waals surface area contributed by atoms with Crippen LogP contribution in [-0.2, 0) is 4.79 Å². The van der Waals surface area contributed by atoms with Crippen molar-refractivity contribution in [1.29, 1.82) is 0 Å². The third kappa shape index (κ3) is 9.03. The minimum Gasteiger partial charge on any atom is -0.356 e. The molecular weight excluding hydrogens is 150 g/mol. The lowest BCUT2D eigenvalue weighted by Gasteiger charge is -1.97. The van der Waals surface area contributed by atoms with Gasteiger partial charge in [-0.2, -0.15) is 0 Å². The molecule has 0 atom stereocenters. The molecule has 0 unspecified atom stereocenters. The van der Waals surface area contributed by atoms with Crippen LogP contribution in [0.4, 0.5) is 0 Å². The first kappa shape index (κ1) is 11.0. The van der Waals surface area contributed by atoms with Gasteiger partial charge in [0.2, 0.25) is 5.91 Å². The largest absolute Gasteiger partial charge is 0.356 e. The van der Waals surface area contributed by atoms with Crippen LogP contribution in [-0.4, -0.2) is 12.5 Å². The molecule has 0 aliphatic rings. The van der Waals surface area contributed by atoms with Crippen molar-refractivity contribution in [3.05, 3.63) is 0 Å². The maximum absolute atomic E-state index is 10.4. The first-order chi connectivity index (χ1) is 5.63. The highest BCUT2D eigenvalue weighted by atomic mass is 16.1. The minimum atomic E-state index is 0.0341. The molecule has 0 rings (SSSR count). The second-order valence-corrected chi connectivity index (χ2v) is 3.06. The number of nitrogens with one attached hydrogen (secondary N) is 1. The summed E-state index contributed by atoms with van der Waals surface area (Å²) in [5.74, 6) is 6.61. The Morgan fingerprint density at radius 1 is 1.50 bits per heavy atom. The zero-order chi connectivity index (χ0) is 9.40. The van der Waals surface area contributed by atoms with Crippen LogP contribution in [0.3, 0.4) is 0 Å². The van der Waals surface area contributed by atoms with Gasteiger partial charge in [-0.25, -0.2) is 0 Å². The van der Waals surface area contributed by atoms with Gasteiger partial charge in [0.1, 0.15) is 0 Å². The van der Waals surface area contributed by atoms with Crippen molar-refractivity contribution in [2.75, 3.05) is 6.54 Å². The van der Waals surface area contributed by atoms with Crippen LogP contribution in [0.5, 0.6) is 0 Å². The lowest BCUT2D eigenvalue weighted by atomic mass is 10.2. The number of carbonyl (C=O) groups excluding carboxylic acids is 1. The molecule has 2 nitrogen and oxygen atoms in total. The van der Waals surface area contributed by atoms with Gasteiger partial charge in [0.05, 0.1) is 0 Å². The van der Waals surface area contributed by atoms with E-state index in [1.807, 2.05) is 0 Å².